The molecule has 0 radical (unpaired) electrons. The summed E-state index contributed by atoms with van der Waals surface area (Å²) in [5.74, 6) is 0.311. The molecule has 0 aliphatic rings. The van der Waals surface area contributed by atoms with Crippen molar-refractivity contribution in [2.24, 2.45) is 0 Å². The molecular weight excluding hydrogens is 482 g/mol. The summed E-state index contributed by atoms with van der Waals surface area (Å²) in [6.07, 6.45) is -4.57. The topological polar surface area (TPSA) is 56.0 Å². The lowest BCUT2D eigenvalue weighted by Crippen LogP contribution is -2.10. The molecule has 0 atom stereocenters. The van der Waals surface area contributed by atoms with Gasteiger partial charge in [-0.2, -0.15) is 13.2 Å². The van der Waals surface area contributed by atoms with E-state index in [1.165, 1.54) is 10.5 Å². The van der Waals surface area contributed by atoms with E-state index in [-0.39, 0.29) is 5.65 Å². The molecule has 0 spiro atoms. The van der Waals surface area contributed by atoms with Crippen molar-refractivity contribution >= 4 is 51.0 Å². The van der Waals surface area contributed by atoms with Gasteiger partial charge in [-0.3, -0.25) is 4.40 Å². The standard InChI is InChI=1S/C16H8ClF3IN5/c1-7-13-24-25-14(9-6-8(21)2-3-10(9)17)26(13)15-11(22-7)4-5-12(23-15)16(18,19)20/h2-6H,1H3. The van der Waals surface area contributed by atoms with E-state index >= 15 is 0 Å². The minimum atomic E-state index is -4.57. The Hall–Kier alpha value is -2.01. The smallest absolute Gasteiger partial charge is 0.255 e. The van der Waals surface area contributed by atoms with Crippen LogP contribution in [0, 0.1) is 10.5 Å². The number of rotatable bonds is 1. The number of fused-ring (bicyclic) bond motifs is 3. The number of halogens is 5. The molecule has 0 saturated carbocycles. The number of aryl methyl sites for hydroxylation is 1. The molecule has 4 rings (SSSR count). The predicted octanol–water partition coefficient (Wildman–Crippen LogP) is 4.92. The molecule has 0 amide bonds. The summed E-state index contributed by atoms with van der Waals surface area (Å²) >= 11 is 8.40. The molecular formula is C16H8ClF3IN5. The third kappa shape index (κ3) is 2.78. The highest BCUT2D eigenvalue weighted by Crippen LogP contribution is 2.32. The van der Waals surface area contributed by atoms with E-state index in [1.807, 2.05) is 6.07 Å². The summed E-state index contributed by atoms with van der Waals surface area (Å²) in [6.45, 7) is 1.71. The monoisotopic (exact) mass is 489 g/mol. The van der Waals surface area contributed by atoms with Crippen molar-refractivity contribution in [3.8, 4) is 11.4 Å². The lowest BCUT2D eigenvalue weighted by Gasteiger charge is -2.10. The molecule has 0 aliphatic carbocycles. The molecule has 0 N–H and O–H groups in total. The Morgan fingerprint density at radius 3 is 2.54 bits per heavy atom. The van der Waals surface area contributed by atoms with Crippen LogP contribution in [0.3, 0.4) is 0 Å². The van der Waals surface area contributed by atoms with Crippen LogP contribution in [-0.2, 0) is 6.18 Å². The Labute approximate surface area is 163 Å². The van der Waals surface area contributed by atoms with Gasteiger partial charge in [-0.1, -0.05) is 11.6 Å². The molecule has 0 fully saturated rings. The average molecular weight is 490 g/mol. The van der Waals surface area contributed by atoms with Crippen LogP contribution in [0.1, 0.15) is 11.4 Å². The van der Waals surface area contributed by atoms with Gasteiger partial charge in [0.25, 0.3) is 0 Å². The maximum absolute atomic E-state index is 13.1. The van der Waals surface area contributed by atoms with Crippen molar-refractivity contribution in [2.45, 2.75) is 13.1 Å². The summed E-state index contributed by atoms with van der Waals surface area (Å²) in [5, 5.41) is 8.62. The second-order valence-corrected chi connectivity index (χ2v) is 7.19. The highest BCUT2D eigenvalue weighted by molar-refractivity contribution is 14.1. The van der Waals surface area contributed by atoms with Gasteiger partial charge >= 0.3 is 6.18 Å². The van der Waals surface area contributed by atoms with Gasteiger partial charge in [-0.05, 0) is 59.8 Å². The molecule has 5 nitrogen and oxygen atoms in total. The molecule has 26 heavy (non-hydrogen) atoms. The lowest BCUT2D eigenvalue weighted by atomic mass is 10.2. The summed E-state index contributed by atoms with van der Waals surface area (Å²) in [7, 11) is 0. The zero-order valence-electron chi connectivity index (χ0n) is 13.0. The number of nitrogens with zero attached hydrogens (tertiary/aromatic N) is 5. The van der Waals surface area contributed by atoms with Gasteiger partial charge in [0.1, 0.15) is 11.2 Å². The van der Waals surface area contributed by atoms with Crippen molar-refractivity contribution in [2.75, 3.05) is 0 Å². The van der Waals surface area contributed by atoms with Crippen molar-refractivity contribution in [1.82, 2.24) is 24.6 Å². The fourth-order valence-electron chi connectivity index (χ4n) is 2.64. The van der Waals surface area contributed by atoms with Crippen molar-refractivity contribution in [3.63, 3.8) is 0 Å². The van der Waals surface area contributed by atoms with Crippen molar-refractivity contribution < 1.29 is 13.2 Å². The molecule has 0 bridgehead atoms. The Morgan fingerprint density at radius 2 is 1.81 bits per heavy atom. The normalized spacial score (nSPS) is 12.2. The van der Waals surface area contributed by atoms with E-state index in [1.54, 1.807) is 19.1 Å². The number of pyridine rings is 1. The first-order valence-corrected chi connectivity index (χ1v) is 8.76. The summed E-state index contributed by atoms with van der Waals surface area (Å²) in [5.41, 5.74) is 0.734. The summed E-state index contributed by atoms with van der Waals surface area (Å²) in [6, 6.07) is 7.50. The second kappa shape index (κ2) is 6.02. The van der Waals surface area contributed by atoms with E-state index in [0.717, 1.165) is 9.64 Å². The van der Waals surface area contributed by atoms with Gasteiger partial charge in [-0.15, -0.1) is 10.2 Å². The average Bonchev–Trinajstić information content (AvgIpc) is 3.02. The number of aromatic nitrogens is 5. The molecule has 0 unspecified atom stereocenters. The summed E-state index contributed by atoms with van der Waals surface area (Å²) < 4.78 is 41.7. The Kier molecular flexibility index (Phi) is 4.03. The molecule has 1 aromatic carbocycles. The zero-order valence-corrected chi connectivity index (χ0v) is 15.9. The first-order chi connectivity index (χ1) is 12.3. The van der Waals surface area contributed by atoms with E-state index in [9.17, 15) is 13.2 Å². The van der Waals surface area contributed by atoms with Crippen LogP contribution in [0.4, 0.5) is 13.2 Å². The third-order valence-corrected chi connectivity index (χ3v) is 4.80. The van der Waals surface area contributed by atoms with Crippen LogP contribution < -0.4 is 0 Å². The predicted molar refractivity (Wildman–Crippen MR) is 99.0 cm³/mol. The maximum Gasteiger partial charge on any atom is 0.433 e. The number of hydrogen-bond donors (Lipinski definition) is 0. The maximum atomic E-state index is 13.1. The summed E-state index contributed by atoms with van der Waals surface area (Å²) in [4.78, 5) is 8.06. The SMILES string of the molecule is Cc1nc2ccc(C(F)(F)F)nc2n2c(-c3cc(I)ccc3Cl)nnc12. The molecule has 4 aromatic rings. The number of alkyl halides is 3. The van der Waals surface area contributed by atoms with Crippen molar-refractivity contribution in [3.05, 3.63) is 50.3 Å². The minimum Gasteiger partial charge on any atom is -0.255 e. The molecule has 0 aliphatic heterocycles. The first-order valence-electron chi connectivity index (χ1n) is 7.31. The van der Waals surface area contributed by atoms with E-state index in [4.69, 9.17) is 11.6 Å². The fourth-order valence-corrected chi connectivity index (χ4v) is 3.34. The largest absolute Gasteiger partial charge is 0.433 e. The highest BCUT2D eigenvalue weighted by Gasteiger charge is 2.33. The van der Waals surface area contributed by atoms with Crippen LogP contribution in [0.2, 0.25) is 5.02 Å². The lowest BCUT2D eigenvalue weighted by molar-refractivity contribution is -0.141. The minimum absolute atomic E-state index is 0.0235. The van der Waals surface area contributed by atoms with Gasteiger partial charge in [0.15, 0.2) is 17.1 Å². The van der Waals surface area contributed by atoms with Crippen LogP contribution in [0.15, 0.2) is 30.3 Å². The molecule has 3 heterocycles. The van der Waals surface area contributed by atoms with E-state index in [2.05, 4.69) is 42.8 Å². The van der Waals surface area contributed by atoms with Crippen LogP contribution in [-0.4, -0.2) is 24.6 Å². The fraction of sp³-hybridized carbons (Fsp3) is 0.125. The molecule has 3 aromatic heterocycles. The highest BCUT2D eigenvalue weighted by atomic mass is 127. The van der Waals surface area contributed by atoms with Gasteiger partial charge in [0, 0.05) is 9.13 Å². The van der Waals surface area contributed by atoms with Crippen molar-refractivity contribution in [1.29, 1.82) is 0 Å². The molecule has 132 valence electrons. The quantitative estimate of drug-likeness (QED) is 0.356. The van der Waals surface area contributed by atoms with Crippen LogP contribution >= 0.6 is 34.2 Å². The van der Waals surface area contributed by atoms with Gasteiger partial charge < -0.3 is 0 Å². The van der Waals surface area contributed by atoms with E-state index in [0.29, 0.717) is 33.3 Å². The Morgan fingerprint density at radius 1 is 1.04 bits per heavy atom. The Bertz CT molecular complexity index is 1170. The van der Waals surface area contributed by atoms with E-state index < -0.39 is 11.9 Å². The van der Waals surface area contributed by atoms with Gasteiger partial charge in [0.05, 0.1) is 10.7 Å². The van der Waals surface area contributed by atoms with Gasteiger partial charge in [-0.25, -0.2) is 9.97 Å². The first kappa shape index (κ1) is 17.4. The third-order valence-electron chi connectivity index (χ3n) is 3.80. The van der Waals surface area contributed by atoms with Gasteiger partial charge in [0.2, 0.25) is 0 Å². The van der Waals surface area contributed by atoms with Crippen LogP contribution in [0.5, 0.6) is 0 Å². The molecule has 0 saturated heterocycles. The number of hydrogen-bond acceptors (Lipinski definition) is 4. The van der Waals surface area contributed by atoms with Crippen LogP contribution in [0.25, 0.3) is 28.2 Å². The zero-order chi connectivity index (χ0) is 18.6. The Balaban J connectivity index is 2.14. The molecule has 10 heteroatoms. The second-order valence-electron chi connectivity index (χ2n) is 5.54. The number of benzene rings is 1.